The number of nitrogens with one attached hydrogen (secondary N) is 1. The largest absolute Gasteiger partial charge is 0.352 e. The number of carbonyl (C=O) groups is 1. The number of aryl methyl sites for hydroxylation is 1. The van der Waals surface area contributed by atoms with Gasteiger partial charge < -0.3 is 14.5 Å². The molecule has 1 saturated carbocycles. The number of benzene rings is 1. The zero-order valence-electron chi connectivity index (χ0n) is 14.2. The fourth-order valence-corrected chi connectivity index (χ4v) is 3.13. The van der Waals surface area contributed by atoms with Gasteiger partial charge in [-0.05, 0) is 25.0 Å². The Bertz CT molecular complexity index is 932. The molecule has 0 radical (unpaired) electrons. The van der Waals surface area contributed by atoms with Crippen molar-refractivity contribution in [3.05, 3.63) is 54.3 Å². The van der Waals surface area contributed by atoms with Crippen LogP contribution in [-0.2, 0) is 18.3 Å². The fourth-order valence-electron chi connectivity index (χ4n) is 3.13. The maximum atomic E-state index is 12.1. The lowest BCUT2D eigenvalue weighted by Gasteiger charge is -2.04. The third kappa shape index (κ3) is 3.33. The van der Waals surface area contributed by atoms with Gasteiger partial charge in [0.2, 0.25) is 5.91 Å². The molecule has 0 spiro atoms. The Balaban J connectivity index is 1.35. The number of hydrogen-bond acceptors (Lipinski definition) is 3. The second-order valence-electron chi connectivity index (χ2n) is 6.47. The van der Waals surface area contributed by atoms with Gasteiger partial charge in [-0.2, -0.15) is 0 Å². The molecule has 1 fully saturated rings. The summed E-state index contributed by atoms with van der Waals surface area (Å²) < 4.78 is 4.19. The molecule has 0 saturated heterocycles. The highest BCUT2D eigenvalue weighted by Crippen LogP contribution is 2.35. The van der Waals surface area contributed by atoms with Crippen LogP contribution in [0.2, 0.25) is 0 Å². The number of hydrogen-bond donors (Lipinski definition) is 1. The molecule has 2 heterocycles. The van der Waals surface area contributed by atoms with E-state index in [1.807, 2.05) is 31.5 Å². The van der Waals surface area contributed by atoms with E-state index < -0.39 is 0 Å². The first-order valence-electron chi connectivity index (χ1n) is 8.61. The minimum atomic E-state index is -0.0922. The first kappa shape index (κ1) is 15.6. The lowest BCUT2D eigenvalue weighted by atomic mass is 10.1. The van der Waals surface area contributed by atoms with Crippen LogP contribution in [0.5, 0.6) is 0 Å². The highest BCUT2D eigenvalue weighted by Gasteiger charge is 2.25. The van der Waals surface area contributed by atoms with E-state index in [0.717, 1.165) is 22.3 Å². The molecule has 6 nitrogen and oxygen atoms in total. The number of nitrogens with zero attached hydrogens (tertiary/aromatic N) is 4. The van der Waals surface area contributed by atoms with Gasteiger partial charge in [0, 0.05) is 54.8 Å². The molecule has 6 heteroatoms. The Morgan fingerprint density at radius 1 is 1.36 bits per heavy atom. The average molecular weight is 335 g/mol. The Morgan fingerprint density at radius 3 is 3.04 bits per heavy atom. The molecular formula is C19H21N5O. The number of carbonyl (C=O) groups excluding carboxylic acids is 1. The average Bonchev–Trinajstić information content (AvgIpc) is 3.28. The molecule has 3 aromatic rings. The van der Waals surface area contributed by atoms with Crippen LogP contribution >= 0.6 is 0 Å². The molecule has 2 aromatic heterocycles. The summed E-state index contributed by atoms with van der Waals surface area (Å²) in [7, 11) is 2.01. The molecular weight excluding hydrogens is 314 g/mol. The van der Waals surface area contributed by atoms with E-state index in [0.29, 0.717) is 19.0 Å². The van der Waals surface area contributed by atoms with Crippen LogP contribution in [-0.4, -0.2) is 31.8 Å². The Kier molecular flexibility index (Phi) is 4.09. The molecule has 1 aliphatic rings. The van der Waals surface area contributed by atoms with Crippen molar-refractivity contribution >= 4 is 22.9 Å². The van der Waals surface area contributed by atoms with Crippen molar-refractivity contribution in [1.82, 2.24) is 24.6 Å². The maximum absolute atomic E-state index is 12.1. The van der Waals surface area contributed by atoms with Gasteiger partial charge in [0.1, 0.15) is 12.2 Å². The summed E-state index contributed by atoms with van der Waals surface area (Å²) in [6.45, 7) is 0.560. The van der Waals surface area contributed by atoms with Crippen LogP contribution in [0.4, 0.5) is 0 Å². The Hall–Kier alpha value is -2.89. The Labute approximate surface area is 146 Å². The van der Waals surface area contributed by atoms with Gasteiger partial charge in [-0.1, -0.05) is 18.2 Å². The van der Waals surface area contributed by atoms with E-state index in [1.165, 1.54) is 12.8 Å². The van der Waals surface area contributed by atoms with Gasteiger partial charge in [-0.15, -0.1) is 10.2 Å². The van der Waals surface area contributed by atoms with Crippen molar-refractivity contribution in [2.45, 2.75) is 25.3 Å². The first-order chi connectivity index (χ1) is 12.2. The summed E-state index contributed by atoms with van der Waals surface area (Å²) >= 11 is 0. The topological polar surface area (TPSA) is 64.7 Å². The summed E-state index contributed by atoms with van der Waals surface area (Å²) in [6, 6.07) is 8.73. The molecule has 1 aliphatic carbocycles. The van der Waals surface area contributed by atoms with Crippen LogP contribution in [0.3, 0.4) is 0 Å². The maximum Gasteiger partial charge on any atom is 0.244 e. The highest BCUT2D eigenvalue weighted by molar-refractivity contribution is 5.96. The fraction of sp³-hybridized carbons (Fsp3) is 0.316. The van der Waals surface area contributed by atoms with Crippen LogP contribution < -0.4 is 5.32 Å². The van der Waals surface area contributed by atoms with E-state index in [9.17, 15) is 4.79 Å². The summed E-state index contributed by atoms with van der Waals surface area (Å²) in [5.74, 6) is 0.853. The van der Waals surface area contributed by atoms with Gasteiger partial charge in [0.25, 0.3) is 0 Å². The highest BCUT2D eigenvalue weighted by atomic mass is 16.1. The predicted octanol–water partition coefficient (Wildman–Crippen LogP) is 2.48. The van der Waals surface area contributed by atoms with Crippen molar-refractivity contribution in [3.8, 4) is 0 Å². The third-order valence-corrected chi connectivity index (χ3v) is 4.58. The molecule has 25 heavy (non-hydrogen) atoms. The number of para-hydroxylation sites is 1. The van der Waals surface area contributed by atoms with E-state index >= 15 is 0 Å². The third-order valence-electron chi connectivity index (χ3n) is 4.58. The molecule has 1 N–H and O–H groups in total. The number of rotatable bonds is 6. The lowest BCUT2D eigenvalue weighted by molar-refractivity contribution is -0.116. The van der Waals surface area contributed by atoms with Crippen LogP contribution in [0, 0.1) is 0 Å². The smallest absolute Gasteiger partial charge is 0.244 e. The molecule has 0 aliphatic heterocycles. The zero-order valence-corrected chi connectivity index (χ0v) is 14.2. The normalized spacial score (nSPS) is 14.4. The monoisotopic (exact) mass is 335 g/mol. The summed E-state index contributed by atoms with van der Waals surface area (Å²) in [5.41, 5.74) is 2.20. The number of amides is 1. The van der Waals surface area contributed by atoms with Crippen molar-refractivity contribution in [3.63, 3.8) is 0 Å². The molecule has 0 atom stereocenters. The summed E-state index contributed by atoms with van der Waals surface area (Å²) in [6.07, 6.45) is 10.4. The number of fused-ring (bicyclic) bond motifs is 1. The molecule has 1 aromatic carbocycles. The molecule has 128 valence electrons. The standard InChI is InChI=1S/C19H21N5O/c1-23-12-14(16-4-2-3-5-17(16)23)6-9-19(25)20-11-10-18-22-21-13-24(18)15-7-8-15/h2-6,9,12-13,15H,7-8,10-11H2,1H3,(H,20,25)/b9-6+. The van der Waals surface area contributed by atoms with Gasteiger partial charge in [-0.25, -0.2) is 0 Å². The van der Waals surface area contributed by atoms with E-state index in [-0.39, 0.29) is 5.91 Å². The van der Waals surface area contributed by atoms with E-state index in [1.54, 1.807) is 12.4 Å². The van der Waals surface area contributed by atoms with Crippen LogP contribution in [0.25, 0.3) is 17.0 Å². The minimum Gasteiger partial charge on any atom is -0.352 e. The molecule has 0 bridgehead atoms. The van der Waals surface area contributed by atoms with E-state index in [2.05, 4.69) is 36.8 Å². The van der Waals surface area contributed by atoms with Gasteiger partial charge in [0.05, 0.1) is 0 Å². The summed E-state index contributed by atoms with van der Waals surface area (Å²) in [5, 5.41) is 12.2. The zero-order chi connectivity index (χ0) is 17.2. The second kappa shape index (κ2) is 6.55. The quantitative estimate of drug-likeness (QED) is 0.704. The molecule has 0 unspecified atom stereocenters. The Morgan fingerprint density at radius 2 is 2.20 bits per heavy atom. The van der Waals surface area contributed by atoms with Crippen LogP contribution in [0.1, 0.15) is 30.3 Å². The van der Waals surface area contributed by atoms with Crippen molar-refractivity contribution < 1.29 is 4.79 Å². The minimum absolute atomic E-state index is 0.0922. The SMILES string of the molecule is Cn1cc(/C=C/C(=O)NCCc2nncn2C2CC2)c2ccccc21. The van der Waals surface area contributed by atoms with Gasteiger partial charge >= 0.3 is 0 Å². The number of aromatic nitrogens is 4. The second-order valence-corrected chi connectivity index (χ2v) is 6.47. The van der Waals surface area contributed by atoms with Crippen molar-refractivity contribution in [2.75, 3.05) is 6.54 Å². The summed E-state index contributed by atoms with van der Waals surface area (Å²) in [4.78, 5) is 12.1. The van der Waals surface area contributed by atoms with Gasteiger partial charge in [0.15, 0.2) is 0 Å². The van der Waals surface area contributed by atoms with Crippen molar-refractivity contribution in [1.29, 1.82) is 0 Å². The van der Waals surface area contributed by atoms with Gasteiger partial charge in [-0.3, -0.25) is 4.79 Å². The molecule has 4 rings (SSSR count). The van der Waals surface area contributed by atoms with E-state index in [4.69, 9.17) is 0 Å². The predicted molar refractivity (Wildman–Crippen MR) is 97.0 cm³/mol. The lowest BCUT2D eigenvalue weighted by Crippen LogP contribution is -2.24. The molecule has 1 amide bonds. The van der Waals surface area contributed by atoms with Crippen LogP contribution in [0.15, 0.2) is 42.9 Å². The van der Waals surface area contributed by atoms with Crippen molar-refractivity contribution in [2.24, 2.45) is 7.05 Å². The first-order valence-corrected chi connectivity index (χ1v) is 8.61.